The van der Waals surface area contributed by atoms with Crippen LogP contribution in [0.5, 0.6) is 0 Å². The molecule has 0 aliphatic carbocycles. The lowest BCUT2D eigenvalue weighted by Gasteiger charge is -2.20. The lowest BCUT2D eigenvalue weighted by Crippen LogP contribution is -2.32. The van der Waals surface area contributed by atoms with Crippen LogP contribution in [-0.2, 0) is 11.3 Å². The second-order valence-corrected chi connectivity index (χ2v) is 4.93. The fraction of sp³-hybridized carbons (Fsp3) is 0.400. The van der Waals surface area contributed by atoms with Crippen LogP contribution in [-0.4, -0.2) is 24.4 Å². The van der Waals surface area contributed by atoms with Crippen LogP contribution >= 0.6 is 0 Å². The Balaban J connectivity index is 2.10. The van der Waals surface area contributed by atoms with Crippen molar-refractivity contribution in [2.75, 3.05) is 13.6 Å². The molecule has 2 N–H and O–H groups in total. The van der Waals surface area contributed by atoms with Crippen LogP contribution in [0.25, 0.3) is 11.0 Å². The Morgan fingerprint density at radius 2 is 2.16 bits per heavy atom. The highest BCUT2D eigenvalue weighted by Crippen LogP contribution is 2.22. The number of rotatable bonds is 5. The van der Waals surface area contributed by atoms with E-state index in [0.29, 0.717) is 13.1 Å². The maximum Gasteiger partial charge on any atom is 0.225 e. The smallest absolute Gasteiger partial charge is 0.225 e. The summed E-state index contributed by atoms with van der Waals surface area (Å²) >= 11 is 0. The van der Waals surface area contributed by atoms with Gasteiger partial charge in [0.2, 0.25) is 5.91 Å². The Morgan fingerprint density at radius 3 is 2.89 bits per heavy atom. The molecule has 0 radical (unpaired) electrons. The van der Waals surface area contributed by atoms with Crippen LogP contribution in [0.15, 0.2) is 34.9 Å². The fourth-order valence-electron chi connectivity index (χ4n) is 2.24. The van der Waals surface area contributed by atoms with Crippen LogP contribution in [0.3, 0.4) is 0 Å². The van der Waals surface area contributed by atoms with Crippen LogP contribution < -0.4 is 5.73 Å². The molecule has 0 bridgehead atoms. The number of benzene rings is 1. The summed E-state index contributed by atoms with van der Waals surface area (Å²) < 4.78 is 5.48. The Morgan fingerprint density at radius 1 is 1.42 bits per heavy atom. The lowest BCUT2D eigenvalue weighted by atomic mass is 10.1. The summed E-state index contributed by atoms with van der Waals surface area (Å²) in [6, 6.07) is 7.85. The topological polar surface area (TPSA) is 59.5 Å². The van der Waals surface area contributed by atoms with Crippen molar-refractivity contribution in [1.82, 2.24) is 4.90 Å². The SMILES string of the molecule is CC(CCN)C(=O)N(C)Cc1coc2ccccc12. The summed E-state index contributed by atoms with van der Waals surface area (Å²) in [6.07, 6.45) is 2.44. The predicted octanol–water partition coefficient (Wildman–Crippen LogP) is 2.38. The van der Waals surface area contributed by atoms with E-state index < -0.39 is 0 Å². The molecule has 1 amide bonds. The second-order valence-electron chi connectivity index (χ2n) is 4.93. The molecular formula is C15H20N2O2. The van der Waals surface area contributed by atoms with E-state index in [1.807, 2.05) is 38.2 Å². The van der Waals surface area contributed by atoms with Crippen molar-refractivity contribution >= 4 is 16.9 Å². The first-order valence-electron chi connectivity index (χ1n) is 6.53. The molecule has 0 saturated carbocycles. The molecule has 1 aromatic carbocycles. The summed E-state index contributed by atoms with van der Waals surface area (Å²) in [5.74, 6) is 0.0869. The molecule has 1 heterocycles. The average molecular weight is 260 g/mol. The van der Waals surface area contributed by atoms with Crippen LogP contribution in [0.1, 0.15) is 18.9 Å². The minimum absolute atomic E-state index is 0.0341. The van der Waals surface area contributed by atoms with Gasteiger partial charge in [-0.3, -0.25) is 4.79 Å². The van der Waals surface area contributed by atoms with Gasteiger partial charge in [0.25, 0.3) is 0 Å². The number of amides is 1. The Labute approximate surface area is 113 Å². The van der Waals surface area contributed by atoms with Crippen molar-refractivity contribution in [1.29, 1.82) is 0 Å². The maximum atomic E-state index is 12.1. The van der Waals surface area contributed by atoms with Gasteiger partial charge in [0.1, 0.15) is 5.58 Å². The standard InChI is InChI=1S/C15H20N2O2/c1-11(7-8-16)15(18)17(2)9-12-10-19-14-6-4-3-5-13(12)14/h3-6,10-11H,7-9,16H2,1-2H3. The molecule has 1 atom stereocenters. The number of nitrogens with two attached hydrogens (primary N) is 1. The minimum Gasteiger partial charge on any atom is -0.464 e. The van der Waals surface area contributed by atoms with E-state index in [1.54, 1.807) is 11.2 Å². The molecule has 0 fully saturated rings. The zero-order valence-electron chi connectivity index (χ0n) is 11.4. The summed E-state index contributed by atoms with van der Waals surface area (Å²) in [5, 5.41) is 1.06. The molecule has 0 saturated heterocycles. The van der Waals surface area contributed by atoms with Crippen molar-refractivity contribution in [3.05, 3.63) is 36.1 Å². The van der Waals surface area contributed by atoms with Crippen molar-refractivity contribution in [2.45, 2.75) is 19.9 Å². The van der Waals surface area contributed by atoms with Crippen LogP contribution in [0.2, 0.25) is 0 Å². The molecular weight excluding hydrogens is 240 g/mol. The summed E-state index contributed by atoms with van der Waals surface area (Å²) in [4.78, 5) is 13.9. The molecule has 2 rings (SSSR count). The Bertz CT molecular complexity index is 562. The molecule has 4 heteroatoms. The van der Waals surface area contributed by atoms with Crippen molar-refractivity contribution < 1.29 is 9.21 Å². The third-order valence-corrected chi connectivity index (χ3v) is 3.37. The summed E-state index contributed by atoms with van der Waals surface area (Å²) in [6.45, 7) is 3.01. The quantitative estimate of drug-likeness (QED) is 0.898. The van der Waals surface area contributed by atoms with Gasteiger partial charge in [-0.25, -0.2) is 0 Å². The van der Waals surface area contributed by atoms with E-state index in [-0.39, 0.29) is 11.8 Å². The van der Waals surface area contributed by atoms with Crippen molar-refractivity contribution in [3.63, 3.8) is 0 Å². The molecule has 0 aliphatic rings. The Kier molecular flexibility index (Phi) is 4.22. The van der Waals surface area contributed by atoms with E-state index in [1.165, 1.54) is 0 Å². The molecule has 102 valence electrons. The fourth-order valence-corrected chi connectivity index (χ4v) is 2.24. The van der Waals surface area contributed by atoms with Crippen molar-refractivity contribution in [2.24, 2.45) is 11.7 Å². The lowest BCUT2D eigenvalue weighted by molar-refractivity contribution is -0.134. The third-order valence-electron chi connectivity index (χ3n) is 3.37. The van der Waals surface area contributed by atoms with Gasteiger partial charge in [-0.05, 0) is 19.0 Å². The van der Waals surface area contributed by atoms with Gasteiger partial charge in [0.05, 0.1) is 6.26 Å². The second kappa shape index (κ2) is 5.89. The highest BCUT2D eigenvalue weighted by Gasteiger charge is 2.18. The van der Waals surface area contributed by atoms with E-state index in [4.69, 9.17) is 10.2 Å². The van der Waals surface area contributed by atoms with Gasteiger partial charge in [-0.2, -0.15) is 0 Å². The van der Waals surface area contributed by atoms with Crippen LogP contribution in [0, 0.1) is 5.92 Å². The number of fused-ring (bicyclic) bond motifs is 1. The largest absolute Gasteiger partial charge is 0.464 e. The molecule has 1 unspecified atom stereocenters. The van der Waals surface area contributed by atoms with Gasteiger partial charge in [0, 0.05) is 30.5 Å². The number of carbonyl (C=O) groups excluding carboxylic acids is 1. The molecule has 19 heavy (non-hydrogen) atoms. The molecule has 4 nitrogen and oxygen atoms in total. The zero-order chi connectivity index (χ0) is 13.8. The zero-order valence-corrected chi connectivity index (χ0v) is 11.4. The molecule has 0 aliphatic heterocycles. The van der Waals surface area contributed by atoms with E-state index in [2.05, 4.69) is 0 Å². The van der Waals surface area contributed by atoms with Gasteiger partial charge in [0.15, 0.2) is 0 Å². The number of hydrogen-bond donors (Lipinski definition) is 1. The molecule has 1 aromatic heterocycles. The highest BCUT2D eigenvalue weighted by atomic mass is 16.3. The molecule has 0 spiro atoms. The predicted molar refractivity (Wildman–Crippen MR) is 75.5 cm³/mol. The number of hydrogen-bond acceptors (Lipinski definition) is 3. The number of carbonyl (C=O) groups is 1. The Hall–Kier alpha value is -1.81. The van der Waals surface area contributed by atoms with Crippen molar-refractivity contribution in [3.8, 4) is 0 Å². The van der Waals surface area contributed by atoms with Crippen LogP contribution in [0.4, 0.5) is 0 Å². The van der Waals surface area contributed by atoms with Gasteiger partial charge < -0.3 is 15.1 Å². The van der Waals surface area contributed by atoms with E-state index in [0.717, 1.165) is 23.0 Å². The molecule has 2 aromatic rings. The van der Waals surface area contributed by atoms with Gasteiger partial charge >= 0.3 is 0 Å². The number of para-hydroxylation sites is 1. The summed E-state index contributed by atoms with van der Waals surface area (Å²) in [7, 11) is 1.82. The summed E-state index contributed by atoms with van der Waals surface area (Å²) in [5.41, 5.74) is 7.38. The van der Waals surface area contributed by atoms with E-state index in [9.17, 15) is 4.79 Å². The monoisotopic (exact) mass is 260 g/mol. The number of nitrogens with zero attached hydrogens (tertiary/aromatic N) is 1. The normalized spacial score (nSPS) is 12.6. The first-order valence-corrected chi connectivity index (χ1v) is 6.53. The first-order chi connectivity index (χ1) is 9.13. The first kappa shape index (κ1) is 13.6. The average Bonchev–Trinajstić information content (AvgIpc) is 2.81. The third kappa shape index (κ3) is 2.96. The van der Waals surface area contributed by atoms with Gasteiger partial charge in [-0.15, -0.1) is 0 Å². The number of furan rings is 1. The van der Waals surface area contributed by atoms with E-state index >= 15 is 0 Å². The van der Waals surface area contributed by atoms with Gasteiger partial charge in [-0.1, -0.05) is 25.1 Å². The highest BCUT2D eigenvalue weighted by molar-refractivity contribution is 5.82. The maximum absolute atomic E-state index is 12.1. The minimum atomic E-state index is -0.0341.